The number of amides is 2. The highest BCUT2D eigenvalue weighted by atomic mass is 19.4. The molecule has 0 aliphatic heterocycles. The van der Waals surface area contributed by atoms with Crippen LogP contribution in [0.25, 0.3) is 10.9 Å². The molecule has 0 fully saturated rings. The van der Waals surface area contributed by atoms with Gasteiger partial charge >= 0.3 is 6.18 Å². The van der Waals surface area contributed by atoms with Gasteiger partial charge in [-0.1, -0.05) is 30.3 Å². The smallest absolute Gasteiger partial charge is 0.361 e. The lowest BCUT2D eigenvalue weighted by atomic mass is 10.1. The maximum Gasteiger partial charge on any atom is 0.417 e. The first-order chi connectivity index (χ1) is 13.4. The Labute approximate surface area is 157 Å². The number of rotatable bonds is 5. The molecular weight excluding hydrogens is 373 g/mol. The third-order valence-corrected chi connectivity index (χ3v) is 3.90. The predicted octanol–water partition coefficient (Wildman–Crippen LogP) is 3.07. The normalized spacial score (nSPS) is 11.7. The van der Waals surface area contributed by atoms with Crippen LogP contribution < -0.4 is 10.7 Å². The molecular formula is C19H15F3N4O2. The van der Waals surface area contributed by atoms with Crippen molar-refractivity contribution in [3.63, 3.8) is 0 Å². The van der Waals surface area contributed by atoms with Gasteiger partial charge in [-0.25, -0.2) is 5.43 Å². The van der Waals surface area contributed by atoms with E-state index in [0.29, 0.717) is 0 Å². The second kappa shape index (κ2) is 7.95. The maximum absolute atomic E-state index is 12.9. The number of alkyl halides is 3. The lowest BCUT2D eigenvalue weighted by Gasteiger charge is -2.12. The standard InChI is InChI=1S/C19H15F3N4O2/c20-19(21,22)15-7-3-1-6-14(15)18(28)24-11-17(27)26-25-10-12-9-23-16-8-4-2-5-13(12)16/h1-10,23H,11H2,(H,24,28)(H,26,27). The fourth-order valence-corrected chi connectivity index (χ4v) is 2.60. The molecule has 0 unspecified atom stereocenters. The number of benzene rings is 2. The molecule has 0 saturated heterocycles. The number of carbonyl (C=O) groups excluding carboxylic acids is 2. The van der Waals surface area contributed by atoms with Crippen LogP contribution in [0.4, 0.5) is 13.2 Å². The molecule has 0 bridgehead atoms. The summed E-state index contributed by atoms with van der Waals surface area (Å²) >= 11 is 0. The summed E-state index contributed by atoms with van der Waals surface area (Å²) in [7, 11) is 0. The first-order valence-electron chi connectivity index (χ1n) is 8.18. The van der Waals surface area contributed by atoms with Gasteiger partial charge in [0.25, 0.3) is 11.8 Å². The number of halogens is 3. The zero-order chi connectivity index (χ0) is 20.1. The molecule has 144 valence electrons. The lowest BCUT2D eigenvalue weighted by molar-refractivity contribution is -0.137. The van der Waals surface area contributed by atoms with Crippen LogP contribution in [-0.4, -0.2) is 29.6 Å². The van der Waals surface area contributed by atoms with Crippen molar-refractivity contribution in [1.29, 1.82) is 0 Å². The van der Waals surface area contributed by atoms with Crippen molar-refractivity contribution in [3.8, 4) is 0 Å². The Balaban J connectivity index is 1.57. The highest BCUT2D eigenvalue weighted by molar-refractivity contribution is 6.00. The number of H-pyrrole nitrogens is 1. The van der Waals surface area contributed by atoms with Gasteiger partial charge in [-0.2, -0.15) is 18.3 Å². The molecule has 1 heterocycles. The predicted molar refractivity (Wildman–Crippen MR) is 97.8 cm³/mol. The number of hydrogen-bond acceptors (Lipinski definition) is 3. The van der Waals surface area contributed by atoms with Crippen LogP contribution in [0.3, 0.4) is 0 Å². The molecule has 28 heavy (non-hydrogen) atoms. The van der Waals surface area contributed by atoms with Crippen LogP contribution in [0, 0.1) is 0 Å². The van der Waals surface area contributed by atoms with E-state index in [9.17, 15) is 22.8 Å². The number of hydrazone groups is 1. The fourth-order valence-electron chi connectivity index (χ4n) is 2.60. The molecule has 2 aromatic carbocycles. The molecule has 0 spiro atoms. The number of aromatic amines is 1. The Morgan fingerprint density at radius 3 is 2.57 bits per heavy atom. The highest BCUT2D eigenvalue weighted by Crippen LogP contribution is 2.31. The molecule has 0 saturated carbocycles. The average molecular weight is 388 g/mol. The number of fused-ring (bicyclic) bond motifs is 1. The second-order valence-corrected chi connectivity index (χ2v) is 5.81. The molecule has 0 aliphatic rings. The van der Waals surface area contributed by atoms with Crippen LogP contribution >= 0.6 is 0 Å². The van der Waals surface area contributed by atoms with E-state index < -0.39 is 35.7 Å². The summed E-state index contributed by atoms with van der Waals surface area (Å²) in [5, 5.41) is 6.86. The molecule has 9 heteroatoms. The first kappa shape index (κ1) is 19.2. The number of hydrogen-bond donors (Lipinski definition) is 3. The number of para-hydroxylation sites is 1. The highest BCUT2D eigenvalue weighted by Gasteiger charge is 2.34. The molecule has 3 rings (SSSR count). The van der Waals surface area contributed by atoms with Crippen molar-refractivity contribution in [2.24, 2.45) is 5.10 Å². The van der Waals surface area contributed by atoms with E-state index in [1.807, 2.05) is 24.3 Å². The minimum absolute atomic E-state index is 0.518. The second-order valence-electron chi connectivity index (χ2n) is 5.81. The van der Waals surface area contributed by atoms with Crippen LogP contribution in [0.2, 0.25) is 0 Å². The summed E-state index contributed by atoms with van der Waals surface area (Å²) < 4.78 is 38.8. The van der Waals surface area contributed by atoms with E-state index in [1.54, 1.807) is 6.20 Å². The van der Waals surface area contributed by atoms with Crippen molar-refractivity contribution in [2.75, 3.05) is 6.54 Å². The van der Waals surface area contributed by atoms with Crippen molar-refractivity contribution in [2.45, 2.75) is 6.18 Å². The molecule has 0 atom stereocenters. The minimum atomic E-state index is -4.67. The van der Waals surface area contributed by atoms with E-state index in [2.05, 4.69) is 20.8 Å². The van der Waals surface area contributed by atoms with E-state index in [-0.39, 0.29) is 0 Å². The number of carbonyl (C=O) groups is 2. The monoisotopic (exact) mass is 388 g/mol. The molecule has 6 nitrogen and oxygen atoms in total. The van der Waals surface area contributed by atoms with E-state index >= 15 is 0 Å². The number of aromatic nitrogens is 1. The van der Waals surface area contributed by atoms with Gasteiger partial charge in [0.1, 0.15) is 0 Å². The van der Waals surface area contributed by atoms with Crippen LogP contribution in [0.5, 0.6) is 0 Å². The van der Waals surface area contributed by atoms with Gasteiger partial charge in [0.2, 0.25) is 0 Å². The summed E-state index contributed by atoms with van der Waals surface area (Å²) in [6.45, 7) is -0.518. The molecule has 0 aliphatic carbocycles. The van der Waals surface area contributed by atoms with Gasteiger partial charge in [0, 0.05) is 22.7 Å². The van der Waals surface area contributed by atoms with Gasteiger partial charge in [-0.3, -0.25) is 9.59 Å². The van der Waals surface area contributed by atoms with Gasteiger partial charge < -0.3 is 10.3 Å². The summed E-state index contributed by atoms with van der Waals surface area (Å²) in [6.07, 6.45) is -1.52. The zero-order valence-corrected chi connectivity index (χ0v) is 14.4. The first-order valence-corrected chi connectivity index (χ1v) is 8.18. The summed E-state index contributed by atoms with van der Waals surface area (Å²) in [5.41, 5.74) is 2.26. The van der Waals surface area contributed by atoms with Gasteiger partial charge in [-0.15, -0.1) is 0 Å². The average Bonchev–Trinajstić information content (AvgIpc) is 3.09. The molecule has 3 aromatic rings. The van der Waals surface area contributed by atoms with Crippen LogP contribution in [-0.2, 0) is 11.0 Å². The van der Waals surface area contributed by atoms with Gasteiger partial charge in [0.05, 0.1) is 23.9 Å². The van der Waals surface area contributed by atoms with E-state index in [1.165, 1.54) is 18.3 Å². The zero-order valence-electron chi connectivity index (χ0n) is 14.4. The van der Waals surface area contributed by atoms with Crippen molar-refractivity contribution in [1.82, 2.24) is 15.7 Å². The van der Waals surface area contributed by atoms with Gasteiger partial charge in [0.15, 0.2) is 0 Å². The number of nitrogens with zero attached hydrogens (tertiary/aromatic N) is 1. The SMILES string of the molecule is O=C(CNC(=O)c1ccccc1C(F)(F)F)NN=Cc1c[nH]c2ccccc12. The fraction of sp³-hybridized carbons (Fsp3) is 0.105. The van der Waals surface area contributed by atoms with E-state index in [0.717, 1.165) is 28.6 Å². The largest absolute Gasteiger partial charge is 0.417 e. The molecule has 0 radical (unpaired) electrons. The van der Waals surface area contributed by atoms with Crippen LogP contribution in [0.1, 0.15) is 21.5 Å². The Morgan fingerprint density at radius 2 is 1.79 bits per heavy atom. The Bertz CT molecular complexity index is 1040. The molecule has 2 amide bonds. The van der Waals surface area contributed by atoms with Gasteiger partial charge in [-0.05, 0) is 18.2 Å². The Kier molecular flexibility index (Phi) is 5.44. The van der Waals surface area contributed by atoms with E-state index in [4.69, 9.17) is 0 Å². The Hall–Kier alpha value is -3.62. The lowest BCUT2D eigenvalue weighted by Crippen LogP contribution is -2.35. The maximum atomic E-state index is 12.9. The van der Waals surface area contributed by atoms with Crippen LogP contribution in [0.15, 0.2) is 59.8 Å². The third-order valence-electron chi connectivity index (χ3n) is 3.90. The van der Waals surface area contributed by atoms with Crippen molar-refractivity contribution >= 4 is 28.9 Å². The quantitative estimate of drug-likeness (QED) is 0.464. The van der Waals surface area contributed by atoms with Crippen molar-refractivity contribution in [3.05, 3.63) is 71.4 Å². The van der Waals surface area contributed by atoms with Crippen molar-refractivity contribution < 1.29 is 22.8 Å². The number of nitrogens with one attached hydrogen (secondary N) is 3. The minimum Gasteiger partial charge on any atom is -0.361 e. The summed E-state index contributed by atoms with van der Waals surface area (Å²) in [4.78, 5) is 26.8. The summed E-state index contributed by atoms with van der Waals surface area (Å²) in [5.74, 6) is -1.67. The molecule has 1 aromatic heterocycles. The topological polar surface area (TPSA) is 86.3 Å². The Morgan fingerprint density at radius 1 is 1.07 bits per heavy atom. The summed E-state index contributed by atoms with van der Waals surface area (Å²) in [6, 6.07) is 11.9. The molecule has 3 N–H and O–H groups in total. The third kappa shape index (κ3) is 4.37.